The van der Waals surface area contributed by atoms with E-state index in [-0.39, 0.29) is 0 Å². The Morgan fingerprint density at radius 3 is 2.75 bits per heavy atom. The first-order valence-corrected chi connectivity index (χ1v) is 8.15. The summed E-state index contributed by atoms with van der Waals surface area (Å²) in [5, 5.41) is 13.2. The Bertz CT molecular complexity index is 456. The zero-order valence-electron chi connectivity index (χ0n) is 12.2. The fourth-order valence-electron chi connectivity index (χ4n) is 2.90. The minimum Gasteiger partial charge on any atom is -0.480 e. The first-order valence-electron chi connectivity index (χ1n) is 7.27. The fraction of sp³-hybridized carbons (Fsp3) is 0.562. The summed E-state index contributed by atoms with van der Waals surface area (Å²) >= 11 is 1.82. The molecule has 1 aromatic rings. The summed E-state index contributed by atoms with van der Waals surface area (Å²) < 4.78 is 0. The molecule has 0 amide bonds. The van der Waals surface area contributed by atoms with Gasteiger partial charge < -0.3 is 10.4 Å². The van der Waals surface area contributed by atoms with Gasteiger partial charge in [0, 0.05) is 10.1 Å². The molecular formula is C16H23NO2S. The van der Waals surface area contributed by atoms with Crippen molar-refractivity contribution in [1.29, 1.82) is 0 Å². The standard InChI is InChI=1S/C16H23NO2S/c1-3-17-16(15(18)19)10-4-5-14(11-16)20-13-8-6-12(2)7-9-13/h6-9,14,17H,3-5,10-11H2,1-2H3,(H,18,19). The normalized spacial score (nSPS) is 26.4. The van der Waals surface area contributed by atoms with Crippen molar-refractivity contribution in [2.75, 3.05) is 6.54 Å². The van der Waals surface area contributed by atoms with Crippen LogP contribution in [-0.2, 0) is 4.79 Å². The summed E-state index contributed by atoms with van der Waals surface area (Å²) in [7, 11) is 0. The predicted molar refractivity (Wildman–Crippen MR) is 83.3 cm³/mol. The van der Waals surface area contributed by atoms with Gasteiger partial charge in [-0.1, -0.05) is 24.6 Å². The predicted octanol–water partition coefficient (Wildman–Crippen LogP) is 3.46. The Morgan fingerprint density at radius 2 is 2.15 bits per heavy atom. The van der Waals surface area contributed by atoms with E-state index in [4.69, 9.17) is 0 Å². The van der Waals surface area contributed by atoms with E-state index < -0.39 is 11.5 Å². The van der Waals surface area contributed by atoms with E-state index in [1.54, 1.807) is 0 Å². The number of benzene rings is 1. The van der Waals surface area contributed by atoms with Gasteiger partial charge >= 0.3 is 5.97 Å². The molecule has 0 spiro atoms. The number of hydrogen-bond donors (Lipinski definition) is 2. The summed E-state index contributed by atoms with van der Waals surface area (Å²) in [6.45, 7) is 4.76. The number of hydrogen-bond acceptors (Lipinski definition) is 3. The Kier molecular flexibility index (Phi) is 5.11. The molecule has 1 aliphatic carbocycles. The van der Waals surface area contributed by atoms with Crippen LogP contribution >= 0.6 is 11.8 Å². The van der Waals surface area contributed by atoms with Crippen LogP contribution in [-0.4, -0.2) is 28.4 Å². The van der Waals surface area contributed by atoms with E-state index in [0.717, 1.165) is 19.3 Å². The number of thioether (sulfide) groups is 1. The zero-order chi connectivity index (χ0) is 14.6. The van der Waals surface area contributed by atoms with Crippen LogP contribution in [0.5, 0.6) is 0 Å². The summed E-state index contributed by atoms with van der Waals surface area (Å²) in [6, 6.07) is 8.48. The summed E-state index contributed by atoms with van der Waals surface area (Å²) in [5.41, 5.74) is 0.528. The number of carboxylic acid groups (broad SMARTS) is 1. The van der Waals surface area contributed by atoms with Gasteiger partial charge in [-0.15, -0.1) is 11.8 Å². The van der Waals surface area contributed by atoms with Gasteiger partial charge in [0.15, 0.2) is 0 Å². The maximum Gasteiger partial charge on any atom is 0.323 e. The average molecular weight is 293 g/mol. The van der Waals surface area contributed by atoms with E-state index in [1.807, 2.05) is 18.7 Å². The monoisotopic (exact) mass is 293 g/mol. The van der Waals surface area contributed by atoms with Crippen LogP contribution in [0.25, 0.3) is 0 Å². The molecule has 1 saturated carbocycles. The van der Waals surface area contributed by atoms with Crippen molar-refractivity contribution in [1.82, 2.24) is 5.32 Å². The molecule has 110 valence electrons. The minimum absolute atomic E-state index is 0.376. The lowest BCUT2D eigenvalue weighted by Gasteiger charge is -2.38. The summed E-state index contributed by atoms with van der Waals surface area (Å²) in [4.78, 5) is 12.9. The van der Waals surface area contributed by atoms with Crippen LogP contribution in [0.15, 0.2) is 29.2 Å². The van der Waals surface area contributed by atoms with Crippen LogP contribution in [0, 0.1) is 6.92 Å². The number of aliphatic carboxylic acids is 1. The molecule has 3 nitrogen and oxygen atoms in total. The van der Waals surface area contributed by atoms with E-state index in [9.17, 15) is 9.90 Å². The van der Waals surface area contributed by atoms with Crippen molar-refractivity contribution in [3.63, 3.8) is 0 Å². The van der Waals surface area contributed by atoms with Crippen LogP contribution in [0.4, 0.5) is 0 Å². The molecule has 2 atom stereocenters. The second-order valence-corrected chi connectivity index (χ2v) is 6.94. The zero-order valence-corrected chi connectivity index (χ0v) is 13.0. The highest BCUT2D eigenvalue weighted by molar-refractivity contribution is 8.00. The number of rotatable bonds is 5. The van der Waals surface area contributed by atoms with Crippen molar-refractivity contribution >= 4 is 17.7 Å². The number of carboxylic acids is 1. The Balaban J connectivity index is 2.05. The van der Waals surface area contributed by atoms with Gasteiger partial charge in [0.2, 0.25) is 0 Å². The molecule has 0 aliphatic heterocycles. The smallest absolute Gasteiger partial charge is 0.323 e. The van der Waals surface area contributed by atoms with E-state index in [0.29, 0.717) is 18.2 Å². The van der Waals surface area contributed by atoms with E-state index in [1.165, 1.54) is 10.5 Å². The third kappa shape index (κ3) is 3.55. The highest BCUT2D eigenvalue weighted by Gasteiger charge is 2.42. The van der Waals surface area contributed by atoms with Crippen LogP contribution in [0.1, 0.15) is 38.2 Å². The first kappa shape index (κ1) is 15.4. The summed E-state index contributed by atoms with van der Waals surface area (Å²) in [6.07, 6.45) is 3.51. The topological polar surface area (TPSA) is 49.3 Å². The van der Waals surface area contributed by atoms with Crippen molar-refractivity contribution in [2.24, 2.45) is 0 Å². The molecule has 1 fully saturated rings. The summed E-state index contributed by atoms with van der Waals surface area (Å²) in [5.74, 6) is -0.700. The second-order valence-electron chi connectivity index (χ2n) is 5.57. The lowest BCUT2D eigenvalue weighted by atomic mass is 9.81. The number of nitrogens with one attached hydrogen (secondary N) is 1. The van der Waals surface area contributed by atoms with Gasteiger partial charge in [-0.05, 0) is 51.3 Å². The van der Waals surface area contributed by atoms with Gasteiger partial charge in [-0.3, -0.25) is 4.79 Å². The van der Waals surface area contributed by atoms with Crippen LogP contribution in [0.3, 0.4) is 0 Å². The quantitative estimate of drug-likeness (QED) is 0.873. The molecule has 20 heavy (non-hydrogen) atoms. The SMILES string of the molecule is CCNC1(C(=O)O)CCCC(Sc2ccc(C)cc2)C1. The molecule has 1 aromatic carbocycles. The Morgan fingerprint density at radius 1 is 1.45 bits per heavy atom. The molecule has 0 bridgehead atoms. The van der Waals surface area contributed by atoms with E-state index in [2.05, 4.69) is 36.5 Å². The molecule has 4 heteroatoms. The molecule has 0 saturated heterocycles. The first-order chi connectivity index (χ1) is 9.55. The largest absolute Gasteiger partial charge is 0.480 e. The van der Waals surface area contributed by atoms with E-state index >= 15 is 0 Å². The average Bonchev–Trinajstić information content (AvgIpc) is 2.42. The molecule has 2 rings (SSSR count). The van der Waals surface area contributed by atoms with Crippen molar-refractivity contribution in [2.45, 2.75) is 55.2 Å². The number of carbonyl (C=O) groups is 1. The third-order valence-electron chi connectivity index (χ3n) is 3.95. The lowest BCUT2D eigenvalue weighted by molar-refractivity contribution is -0.146. The van der Waals surface area contributed by atoms with Crippen LogP contribution in [0.2, 0.25) is 0 Å². The highest BCUT2D eigenvalue weighted by Crippen LogP contribution is 2.38. The van der Waals surface area contributed by atoms with Crippen molar-refractivity contribution in [3.8, 4) is 0 Å². The van der Waals surface area contributed by atoms with Gasteiger partial charge in [-0.25, -0.2) is 0 Å². The number of aryl methyl sites for hydroxylation is 1. The third-order valence-corrected chi connectivity index (χ3v) is 5.23. The molecule has 0 heterocycles. The Labute approximate surface area is 125 Å². The lowest BCUT2D eigenvalue weighted by Crippen LogP contribution is -2.55. The molecule has 1 aliphatic rings. The van der Waals surface area contributed by atoms with Crippen molar-refractivity contribution in [3.05, 3.63) is 29.8 Å². The van der Waals surface area contributed by atoms with Gasteiger partial charge in [0.1, 0.15) is 5.54 Å². The molecule has 0 aromatic heterocycles. The number of likely N-dealkylation sites (N-methyl/N-ethyl adjacent to an activating group) is 1. The Hall–Kier alpha value is -1.00. The molecule has 0 radical (unpaired) electrons. The van der Waals surface area contributed by atoms with Gasteiger partial charge in [-0.2, -0.15) is 0 Å². The maximum absolute atomic E-state index is 11.6. The highest BCUT2D eigenvalue weighted by atomic mass is 32.2. The molecule has 2 unspecified atom stereocenters. The molecule has 2 N–H and O–H groups in total. The van der Waals surface area contributed by atoms with Gasteiger partial charge in [0.25, 0.3) is 0 Å². The molecular weight excluding hydrogens is 270 g/mol. The minimum atomic E-state index is -0.727. The van der Waals surface area contributed by atoms with Crippen molar-refractivity contribution < 1.29 is 9.90 Å². The maximum atomic E-state index is 11.6. The fourth-order valence-corrected chi connectivity index (χ4v) is 4.23. The van der Waals surface area contributed by atoms with Crippen LogP contribution < -0.4 is 5.32 Å². The second kappa shape index (κ2) is 6.64. The van der Waals surface area contributed by atoms with Gasteiger partial charge in [0.05, 0.1) is 0 Å².